The highest BCUT2D eigenvalue weighted by Crippen LogP contribution is 2.41. The Bertz CT molecular complexity index is 759. The molecule has 4 rings (SSSR count). The highest BCUT2D eigenvalue weighted by atomic mass is 19.1. The Kier molecular flexibility index (Phi) is 6.29. The van der Waals surface area contributed by atoms with E-state index in [9.17, 15) is 4.39 Å². The van der Waals surface area contributed by atoms with Crippen molar-refractivity contribution in [3.05, 3.63) is 47.9 Å². The van der Waals surface area contributed by atoms with E-state index in [1.165, 1.54) is 63.4 Å². The zero-order valence-electron chi connectivity index (χ0n) is 17.0. The Labute approximate surface area is 168 Å². The van der Waals surface area contributed by atoms with E-state index in [0.29, 0.717) is 18.2 Å². The van der Waals surface area contributed by atoms with Crippen LogP contribution in [0.4, 0.5) is 4.39 Å². The molecule has 1 aromatic carbocycles. The van der Waals surface area contributed by atoms with Crippen molar-refractivity contribution in [1.82, 2.24) is 4.98 Å². The average Bonchev–Trinajstić information content (AvgIpc) is 3.23. The molecule has 150 valence electrons. The van der Waals surface area contributed by atoms with E-state index >= 15 is 0 Å². The van der Waals surface area contributed by atoms with Crippen LogP contribution in [0.1, 0.15) is 76.2 Å². The smallest absolute Gasteiger partial charge is 0.255 e. The van der Waals surface area contributed by atoms with Gasteiger partial charge in [0.1, 0.15) is 0 Å². The molecule has 0 aliphatic heterocycles. The third kappa shape index (κ3) is 4.56. The third-order valence-corrected chi connectivity index (χ3v) is 6.78. The van der Waals surface area contributed by atoms with Gasteiger partial charge in [-0.2, -0.15) is 4.39 Å². The molecule has 0 unspecified atom stereocenters. The van der Waals surface area contributed by atoms with Crippen LogP contribution in [0.5, 0.6) is 5.75 Å². The van der Waals surface area contributed by atoms with Crippen molar-refractivity contribution in [3.8, 4) is 17.0 Å². The molecule has 2 saturated carbocycles. The largest absolute Gasteiger partial charge is 0.489 e. The number of ether oxygens (including phenoxy) is 1. The summed E-state index contributed by atoms with van der Waals surface area (Å²) >= 11 is 0. The molecule has 0 bridgehead atoms. The summed E-state index contributed by atoms with van der Waals surface area (Å²) in [6, 6.07) is 12.1. The fraction of sp³-hybridized carbons (Fsp3) is 0.560. The highest BCUT2D eigenvalue weighted by molar-refractivity contribution is 5.60. The molecular weight excluding hydrogens is 349 g/mol. The molecule has 0 radical (unpaired) electrons. The van der Waals surface area contributed by atoms with Crippen LogP contribution in [0.25, 0.3) is 11.3 Å². The minimum atomic E-state index is -0.538. The number of hydrogen-bond donors (Lipinski definition) is 0. The summed E-state index contributed by atoms with van der Waals surface area (Å²) in [4.78, 5) is 4.07. The van der Waals surface area contributed by atoms with Crippen molar-refractivity contribution < 1.29 is 9.13 Å². The van der Waals surface area contributed by atoms with Crippen molar-refractivity contribution in [2.24, 2.45) is 11.8 Å². The lowest BCUT2D eigenvalue weighted by Crippen LogP contribution is -2.15. The Balaban J connectivity index is 1.35. The van der Waals surface area contributed by atoms with Gasteiger partial charge in [-0.25, -0.2) is 4.98 Å². The summed E-state index contributed by atoms with van der Waals surface area (Å²) < 4.78 is 19.3. The SMILES string of the molecule is CCOc1ccc(-c2ccc(C3CCC(CC4CCCC4)CC3)cc2)nc1F. The standard InChI is InChI=1S/C25H32FNO/c1-2-28-24-16-15-23(27-25(24)26)22-13-11-21(12-14-22)20-9-7-19(8-10-20)17-18-5-3-4-6-18/h11-16,18-20H,2-10,17H2,1H3. The van der Waals surface area contributed by atoms with Gasteiger partial charge in [0.15, 0.2) is 5.75 Å². The van der Waals surface area contributed by atoms with Gasteiger partial charge >= 0.3 is 0 Å². The lowest BCUT2D eigenvalue weighted by atomic mass is 9.75. The molecule has 28 heavy (non-hydrogen) atoms. The first-order valence-electron chi connectivity index (χ1n) is 11.1. The van der Waals surface area contributed by atoms with Crippen LogP contribution >= 0.6 is 0 Å². The van der Waals surface area contributed by atoms with Crippen LogP contribution in [-0.4, -0.2) is 11.6 Å². The van der Waals surface area contributed by atoms with Crippen LogP contribution in [0.15, 0.2) is 36.4 Å². The maximum absolute atomic E-state index is 14.0. The predicted octanol–water partition coefficient (Wildman–Crippen LogP) is 7.14. The Hall–Kier alpha value is -1.90. The number of nitrogens with zero attached hydrogens (tertiary/aromatic N) is 1. The molecule has 0 N–H and O–H groups in total. The van der Waals surface area contributed by atoms with Gasteiger partial charge in [0.25, 0.3) is 5.95 Å². The second kappa shape index (κ2) is 9.07. The van der Waals surface area contributed by atoms with E-state index in [2.05, 4.69) is 29.2 Å². The van der Waals surface area contributed by atoms with Gasteiger partial charge in [0, 0.05) is 5.56 Å². The maximum atomic E-state index is 14.0. The molecule has 3 heteroatoms. The van der Waals surface area contributed by atoms with Crippen molar-refractivity contribution in [2.75, 3.05) is 6.61 Å². The molecule has 0 saturated heterocycles. The topological polar surface area (TPSA) is 22.1 Å². The van der Waals surface area contributed by atoms with Crippen molar-refractivity contribution in [3.63, 3.8) is 0 Å². The fourth-order valence-electron chi connectivity index (χ4n) is 5.22. The highest BCUT2D eigenvalue weighted by Gasteiger charge is 2.26. The molecule has 1 aromatic heterocycles. The van der Waals surface area contributed by atoms with Gasteiger partial charge in [-0.05, 0) is 74.5 Å². The molecule has 2 fully saturated rings. The number of rotatable bonds is 6. The van der Waals surface area contributed by atoms with Crippen LogP contribution in [-0.2, 0) is 0 Å². The lowest BCUT2D eigenvalue weighted by Gasteiger charge is -2.30. The zero-order chi connectivity index (χ0) is 19.3. The molecule has 2 aromatic rings. The summed E-state index contributed by atoms with van der Waals surface area (Å²) in [6.07, 6.45) is 12.7. The first kappa shape index (κ1) is 19.4. The zero-order valence-corrected chi connectivity index (χ0v) is 17.0. The fourth-order valence-corrected chi connectivity index (χ4v) is 5.22. The molecule has 0 atom stereocenters. The van der Waals surface area contributed by atoms with Gasteiger partial charge in [0.05, 0.1) is 12.3 Å². The van der Waals surface area contributed by atoms with Crippen LogP contribution in [0.2, 0.25) is 0 Å². The average molecular weight is 382 g/mol. The summed E-state index contributed by atoms with van der Waals surface area (Å²) in [5, 5.41) is 0. The number of hydrogen-bond acceptors (Lipinski definition) is 2. The first-order valence-corrected chi connectivity index (χ1v) is 11.1. The van der Waals surface area contributed by atoms with Crippen molar-refractivity contribution in [1.29, 1.82) is 0 Å². The molecule has 2 nitrogen and oxygen atoms in total. The molecular formula is C25H32FNO. The van der Waals surface area contributed by atoms with Gasteiger partial charge < -0.3 is 4.74 Å². The van der Waals surface area contributed by atoms with Crippen molar-refractivity contribution in [2.45, 2.75) is 70.6 Å². The number of halogens is 1. The second-order valence-electron chi connectivity index (χ2n) is 8.64. The Morgan fingerprint density at radius 3 is 2.21 bits per heavy atom. The van der Waals surface area contributed by atoms with Crippen LogP contribution in [0.3, 0.4) is 0 Å². The summed E-state index contributed by atoms with van der Waals surface area (Å²) in [7, 11) is 0. The molecule has 2 aliphatic carbocycles. The van der Waals surface area contributed by atoms with Gasteiger partial charge in [0.2, 0.25) is 0 Å². The van der Waals surface area contributed by atoms with Gasteiger partial charge in [-0.3, -0.25) is 0 Å². The Morgan fingerprint density at radius 1 is 0.893 bits per heavy atom. The number of aromatic nitrogens is 1. The van der Waals surface area contributed by atoms with Crippen molar-refractivity contribution >= 4 is 0 Å². The van der Waals surface area contributed by atoms with Gasteiger partial charge in [-0.15, -0.1) is 0 Å². The van der Waals surface area contributed by atoms with E-state index in [1.807, 2.05) is 13.0 Å². The number of benzene rings is 1. The summed E-state index contributed by atoms with van der Waals surface area (Å²) in [5.41, 5.74) is 3.04. The van der Waals surface area contributed by atoms with E-state index < -0.39 is 5.95 Å². The molecule has 0 spiro atoms. The third-order valence-electron chi connectivity index (χ3n) is 6.78. The van der Waals surface area contributed by atoms with E-state index in [0.717, 1.165) is 17.4 Å². The van der Waals surface area contributed by atoms with Gasteiger partial charge in [-0.1, -0.05) is 49.9 Å². The minimum absolute atomic E-state index is 0.220. The maximum Gasteiger partial charge on any atom is 0.255 e. The molecule has 1 heterocycles. The first-order chi connectivity index (χ1) is 13.7. The monoisotopic (exact) mass is 381 g/mol. The van der Waals surface area contributed by atoms with Crippen LogP contribution in [0, 0.1) is 17.8 Å². The number of pyridine rings is 1. The second-order valence-corrected chi connectivity index (χ2v) is 8.64. The minimum Gasteiger partial charge on any atom is -0.489 e. The summed E-state index contributed by atoms with van der Waals surface area (Å²) in [6.45, 7) is 2.28. The van der Waals surface area contributed by atoms with Crippen LogP contribution < -0.4 is 4.74 Å². The van der Waals surface area contributed by atoms with E-state index in [4.69, 9.17) is 4.74 Å². The predicted molar refractivity (Wildman–Crippen MR) is 112 cm³/mol. The molecule has 2 aliphatic rings. The van der Waals surface area contributed by atoms with E-state index in [-0.39, 0.29) is 5.75 Å². The normalized spacial score (nSPS) is 23.1. The summed E-state index contributed by atoms with van der Waals surface area (Å²) in [5.74, 6) is 2.33. The lowest BCUT2D eigenvalue weighted by molar-refractivity contribution is 0.270. The molecule has 0 amide bonds. The Morgan fingerprint density at radius 2 is 1.57 bits per heavy atom. The van der Waals surface area contributed by atoms with E-state index in [1.54, 1.807) is 6.07 Å². The quantitative estimate of drug-likeness (QED) is 0.496.